The molecule has 1 atom stereocenters. The van der Waals surface area contributed by atoms with Gasteiger partial charge < -0.3 is 24.0 Å². The topological polar surface area (TPSA) is 114 Å². The molecule has 13 heteroatoms. The fraction of sp³-hybridized carbons (Fsp3) is 0.579. The van der Waals surface area contributed by atoms with Crippen molar-refractivity contribution in [3.63, 3.8) is 0 Å². The minimum Gasteiger partial charge on any atom is -0.475 e. The predicted molar refractivity (Wildman–Crippen MR) is 104 cm³/mol. The zero-order chi connectivity index (χ0) is 23.1. The van der Waals surface area contributed by atoms with Crippen molar-refractivity contribution in [2.75, 3.05) is 51.0 Å². The number of carboxylic acids is 1. The van der Waals surface area contributed by atoms with Gasteiger partial charge >= 0.3 is 12.1 Å². The molecule has 2 saturated heterocycles. The minimum atomic E-state index is -5.08. The molecule has 0 spiro atoms. The van der Waals surface area contributed by atoms with E-state index in [0.29, 0.717) is 19.8 Å². The second-order valence-corrected chi connectivity index (χ2v) is 7.17. The maximum absolute atomic E-state index is 10.6. The Kier molecular flexibility index (Phi) is 7.99. The Hall–Kier alpha value is -2.77. The van der Waals surface area contributed by atoms with E-state index < -0.39 is 12.1 Å². The van der Waals surface area contributed by atoms with Crippen LogP contribution in [0.4, 0.5) is 19.0 Å². The molecule has 10 nitrogen and oxygen atoms in total. The molecule has 176 valence electrons. The van der Waals surface area contributed by atoms with Gasteiger partial charge in [0.2, 0.25) is 0 Å². The quantitative estimate of drug-likeness (QED) is 0.726. The third-order valence-corrected chi connectivity index (χ3v) is 4.82. The van der Waals surface area contributed by atoms with Gasteiger partial charge in [0.25, 0.3) is 0 Å². The first-order chi connectivity index (χ1) is 15.2. The number of aryl methyl sites for hydroxylation is 1. The first-order valence-corrected chi connectivity index (χ1v) is 9.94. The lowest BCUT2D eigenvalue weighted by molar-refractivity contribution is -0.192. The molecule has 0 aliphatic carbocycles. The first kappa shape index (κ1) is 23.9. The van der Waals surface area contributed by atoms with Crippen molar-refractivity contribution < 1.29 is 37.1 Å². The number of morpholine rings is 2. The summed E-state index contributed by atoms with van der Waals surface area (Å²) < 4.78 is 48.0. The molecule has 0 saturated carbocycles. The van der Waals surface area contributed by atoms with Gasteiger partial charge in [-0.3, -0.25) is 4.90 Å². The summed E-state index contributed by atoms with van der Waals surface area (Å²) in [5.41, 5.74) is 0.925. The molecule has 1 N–H and O–H groups in total. The van der Waals surface area contributed by atoms with Crippen LogP contribution in [-0.2, 0) is 20.8 Å². The Morgan fingerprint density at radius 3 is 2.53 bits per heavy atom. The van der Waals surface area contributed by atoms with Crippen molar-refractivity contribution >= 4 is 11.8 Å². The van der Waals surface area contributed by atoms with Crippen LogP contribution in [0.25, 0.3) is 0 Å². The van der Waals surface area contributed by atoms with Crippen LogP contribution in [0, 0.1) is 6.92 Å². The van der Waals surface area contributed by atoms with Crippen LogP contribution in [0.3, 0.4) is 0 Å². The Morgan fingerprint density at radius 2 is 1.91 bits per heavy atom. The van der Waals surface area contributed by atoms with Crippen molar-refractivity contribution in [3.05, 3.63) is 35.6 Å². The van der Waals surface area contributed by atoms with E-state index in [1.807, 2.05) is 25.3 Å². The third kappa shape index (κ3) is 6.61. The van der Waals surface area contributed by atoms with E-state index in [1.165, 1.54) is 0 Å². The monoisotopic (exact) mass is 459 g/mol. The van der Waals surface area contributed by atoms with Crippen molar-refractivity contribution in [2.24, 2.45) is 0 Å². The summed E-state index contributed by atoms with van der Waals surface area (Å²) in [4.78, 5) is 22.8. The third-order valence-electron chi connectivity index (χ3n) is 4.82. The van der Waals surface area contributed by atoms with E-state index in [1.54, 1.807) is 0 Å². The van der Waals surface area contributed by atoms with Gasteiger partial charge in [-0.05, 0) is 13.0 Å². The van der Waals surface area contributed by atoms with Gasteiger partial charge in [0.05, 0.1) is 38.2 Å². The predicted octanol–water partition coefficient (Wildman–Crippen LogP) is 1.82. The zero-order valence-electron chi connectivity index (χ0n) is 17.4. The maximum Gasteiger partial charge on any atom is 0.490 e. The lowest BCUT2D eigenvalue weighted by Crippen LogP contribution is -2.40. The highest BCUT2D eigenvalue weighted by atomic mass is 19.4. The second kappa shape index (κ2) is 10.7. The lowest BCUT2D eigenvalue weighted by atomic mass is 10.2. The number of ether oxygens (including phenoxy) is 2. The molecule has 4 heterocycles. The molecular formula is C19H24F3N5O5. The SMILES string of the molecule is Cc1cc(CN2CCOCC2c2nccc(N3CCOCC3)n2)no1.O=C(O)C(F)(F)F. The highest BCUT2D eigenvalue weighted by Gasteiger charge is 2.38. The molecule has 1 unspecified atom stereocenters. The number of hydrogen-bond acceptors (Lipinski definition) is 9. The van der Waals surface area contributed by atoms with E-state index in [9.17, 15) is 13.2 Å². The fourth-order valence-corrected chi connectivity index (χ4v) is 3.26. The summed E-state index contributed by atoms with van der Waals surface area (Å²) in [6.07, 6.45) is -3.25. The average Bonchev–Trinajstić information content (AvgIpc) is 3.19. The molecule has 2 aliphatic heterocycles. The first-order valence-electron chi connectivity index (χ1n) is 9.94. The average molecular weight is 459 g/mol. The molecular weight excluding hydrogens is 435 g/mol. The van der Waals surface area contributed by atoms with Gasteiger partial charge in [0, 0.05) is 38.4 Å². The van der Waals surface area contributed by atoms with Gasteiger partial charge in [-0.2, -0.15) is 13.2 Å². The van der Waals surface area contributed by atoms with E-state index in [0.717, 1.165) is 55.9 Å². The summed E-state index contributed by atoms with van der Waals surface area (Å²) >= 11 is 0. The number of aliphatic carboxylic acids is 1. The molecule has 0 amide bonds. The van der Waals surface area contributed by atoms with Crippen molar-refractivity contribution in [2.45, 2.75) is 25.7 Å². The van der Waals surface area contributed by atoms with Crippen LogP contribution in [0.5, 0.6) is 0 Å². The smallest absolute Gasteiger partial charge is 0.475 e. The number of carbonyl (C=O) groups is 1. The van der Waals surface area contributed by atoms with Crippen molar-refractivity contribution in [1.29, 1.82) is 0 Å². The van der Waals surface area contributed by atoms with Crippen LogP contribution < -0.4 is 4.90 Å². The summed E-state index contributed by atoms with van der Waals surface area (Å²) in [7, 11) is 0. The number of nitrogens with zero attached hydrogens (tertiary/aromatic N) is 5. The van der Waals surface area contributed by atoms with E-state index >= 15 is 0 Å². The van der Waals surface area contributed by atoms with Gasteiger partial charge in [-0.25, -0.2) is 14.8 Å². The van der Waals surface area contributed by atoms with Crippen LogP contribution in [0.1, 0.15) is 23.3 Å². The lowest BCUT2D eigenvalue weighted by Gasteiger charge is -2.34. The molecule has 2 aromatic heterocycles. The van der Waals surface area contributed by atoms with Gasteiger partial charge in [0.1, 0.15) is 17.4 Å². The standard InChI is InChI=1S/C17H23N5O3.C2HF3O2/c1-13-10-14(20-25-13)11-22-6-9-24-12-15(22)17-18-3-2-16(19-17)21-4-7-23-8-5-21;3-2(4,5)1(6)7/h2-3,10,15H,4-9,11-12H2,1H3;(H,6,7). The minimum absolute atomic E-state index is 0.0201. The van der Waals surface area contributed by atoms with E-state index in [-0.39, 0.29) is 6.04 Å². The van der Waals surface area contributed by atoms with Crippen molar-refractivity contribution in [3.8, 4) is 0 Å². The van der Waals surface area contributed by atoms with E-state index in [4.69, 9.17) is 28.9 Å². The van der Waals surface area contributed by atoms with Crippen LogP contribution >= 0.6 is 0 Å². The summed E-state index contributed by atoms with van der Waals surface area (Å²) in [5.74, 6) is -0.183. The Bertz CT molecular complexity index is 888. The molecule has 32 heavy (non-hydrogen) atoms. The molecule has 4 rings (SSSR count). The largest absolute Gasteiger partial charge is 0.490 e. The number of aromatic nitrogens is 3. The van der Waals surface area contributed by atoms with E-state index in [2.05, 4.69) is 19.9 Å². The number of anilines is 1. The molecule has 0 bridgehead atoms. The number of carboxylic acid groups (broad SMARTS) is 1. The highest BCUT2D eigenvalue weighted by Crippen LogP contribution is 2.25. The molecule has 2 aliphatic rings. The maximum atomic E-state index is 10.6. The van der Waals surface area contributed by atoms with Crippen LogP contribution in [0.15, 0.2) is 22.9 Å². The van der Waals surface area contributed by atoms with Crippen molar-refractivity contribution in [1.82, 2.24) is 20.0 Å². The summed E-state index contributed by atoms with van der Waals surface area (Å²) in [5, 5.41) is 11.2. The summed E-state index contributed by atoms with van der Waals surface area (Å²) in [6, 6.07) is 3.95. The number of alkyl halides is 3. The second-order valence-electron chi connectivity index (χ2n) is 7.17. The van der Waals surface area contributed by atoms with Crippen LogP contribution in [0.2, 0.25) is 0 Å². The number of hydrogen-bond donors (Lipinski definition) is 1. The van der Waals surface area contributed by atoms with Crippen LogP contribution in [-0.4, -0.2) is 83.3 Å². The molecule has 2 fully saturated rings. The summed E-state index contributed by atoms with van der Waals surface area (Å²) in [6.45, 7) is 7.92. The Labute approximate surface area is 181 Å². The number of rotatable bonds is 4. The number of halogens is 3. The fourth-order valence-electron chi connectivity index (χ4n) is 3.26. The highest BCUT2D eigenvalue weighted by molar-refractivity contribution is 5.73. The van der Waals surface area contributed by atoms with Gasteiger partial charge in [-0.15, -0.1) is 0 Å². The van der Waals surface area contributed by atoms with Gasteiger partial charge in [-0.1, -0.05) is 5.16 Å². The Morgan fingerprint density at radius 1 is 1.22 bits per heavy atom. The molecule has 2 aromatic rings. The normalized spacial score (nSPS) is 19.9. The molecule has 0 radical (unpaired) electrons. The Balaban J connectivity index is 0.000000360. The molecule has 0 aromatic carbocycles. The van der Waals surface area contributed by atoms with Gasteiger partial charge in [0.15, 0.2) is 0 Å². The zero-order valence-corrected chi connectivity index (χ0v) is 17.4.